The van der Waals surface area contributed by atoms with Crippen molar-refractivity contribution in [1.82, 2.24) is 10.2 Å². The summed E-state index contributed by atoms with van der Waals surface area (Å²) < 4.78 is 2.26. The Morgan fingerprint density at radius 3 is 2.06 bits per heavy atom. The van der Waals surface area contributed by atoms with E-state index in [2.05, 4.69) is 56.8 Å². The maximum atomic E-state index is 3.82. The predicted octanol–water partition coefficient (Wildman–Crippen LogP) is 2.17. The zero-order valence-electron chi connectivity index (χ0n) is 13.2. The summed E-state index contributed by atoms with van der Waals surface area (Å²) in [5, 5.41) is 3.82. The van der Waals surface area contributed by atoms with Crippen LogP contribution in [0.25, 0.3) is 0 Å². The van der Waals surface area contributed by atoms with Crippen LogP contribution in [0.3, 0.4) is 0 Å². The molecule has 1 atom stereocenters. The zero-order valence-corrected chi connectivity index (χ0v) is 13.2. The Morgan fingerprint density at radius 2 is 1.67 bits per heavy atom. The van der Waals surface area contributed by atoms with Crippen molar-refractivity contribution >= 4 is 5.84 Å². The maximum Gasteiger partial charge on any atom is 0.262 e. The SMILES string of the molecule is CC(C)C(C(NC1CCCCC1)=[N+](C)C)N(C)C. The van der Waals surface area contributed by atoms with Crippen LogP contribution in [0.4, 0.5) is 0 Å². The van der Waals surface area contributed by atoms with Crippen molar-refractivity contribution in [3.8, 4) is 0 Å². The van der Waals surface area contributed by atoms with Gasteiger partial charge in [0.2, 0.25) is 0 Å². The summed E-state index contributed by atoms with van der Waals surface area (Å²) >= 11 is 0. The molecule has 1 aliphatic carbocycles. The first-order valence-corrected chi connectivity index (χ1v) is 7.40. The van der Waals surface area contributed by atoms with Gasteiger partial charge in [-0.1, -0.05) is 20.3 Å². The van der Waals surface area contributed by atoms with Gasteiger partial charge in [-0.15, -0.1) is 0 Å². The second-order valence-electron chi connectivity index (χ2n) is 6.41. The van der Waals surface area contributed by atoms with Crippen LogP contribution in [-0.4, -0.2) is 55.6 Å². The number of nitrogens with zero attached hydrogens (tertiary/aromatic N) is 2. The molecule has 18 heavy (non-hydrogen) atoms. The van der Waals surface area contributed by atoms with Gasteiger partial charge in [-0.2, -0.15) is 0 Å². The first-order chi connectivity index (χ1) is 8.43. The van der Waals surface area contributed by atoms with Gasteiger partial charge in [0.1, 0.15) is 6.04 Å². The summed E-state index contributed by atoms with van der Waals surface area (Å²) in [6, 6.07) is 1.15. The molecule has 1 aliphatic rings. The molecule has 0 aliphatic heterocycles. The number of hydrogen-bond donors (Lipinski definition) is 1. The number of likely N-dealkylation sites (N-methyl/N-ethyl adjacent to an activating group) is 1. The van der Waals surface area contributed by atoms with Crippen LogP contribution >= 0.6 is 0 Å². The molecule has 0 aromatic rings. The minimum absolute atomic E-state index is 0.474. The molecule has 1 saturated carbocycles. The largest absolute Gasteiger partial charge is 0.296 e. The average Bonchev–Trinajstić information content (AvgIpc) is 2.28. The lowest BCUT2D eigenvalue weighted by atomic mass is 9.94. The molecule has 3 nitrogen and oxygen atoms in total. The van der Waals surface area contributed by atoms with E-state index in [9.17, 15) is 0 Å². The van der Waals surface area contributed by atoms with Crippen molar-refractivity contribution < 1.29 is 4.58 Å². The molecular weight excluding hydrogens is 222 g/mol. The highest BCUT2D eigenvalue weighted by molar-refractivity contribution is 5.83. The van der Waals surface area contributed by atoms with Gasteiger partial charge in [0.05, 0.1) is 20.1 Å². The van der Waals surface area contributed by atoms with Crippen LogP contribution in [0.15, 0.2) is 0 Å². The smallest absolute Gasteiger partial charge is 0.262 e. The standard InChI is InChI=1S/C15H31N3/c1-12(2)14(17(3)4)15(18(5)6)16-13-10-8-7-9-11-13/h12-14H,7-11H2,1-6H3/p+1. The highest BCUT2D eigenvalue weighted by Crippen LogP contribution is 2.18. The molecule has 0 aromatic carbocycles. The van der Waals surface area contributed by atoms with Crippen LogP contribution in [0.2, 0.25) is 0 Å². The molecular formula is C15H32N3+. The van der Waals surface area contributed by atoms with E-state index in [-0.39, 0.29) is 0 Å². The molecule has 0 spiro atoms. The van der Waals surface area contributed by atoms with Crippen molar-refractivity contribution in [3.63, 3.8) is 0 Å². The molecule has 1 fully saturated rings. The average molecular weight is 254 g/mol. The lowest BCUT2D eigenvalue weighted by molar-refractivity contribution is -0.469. The fourth-order valence-electron chi connectivity index (χ4n) is 3.09. The van der Waals surface area contributed by atoms with Crippen molar-refractivity contribution in [1.29, 1.82) is 0 Å². The molecule has 106 valence electrons. The molecule has 0 heterocycles. The fraction of sp³-hybridized carbons (Fsp3) is 0.933. The molecule has 0 bridgehead atoms. The Labute approximate surface area is 113 Å². The van der Waals surface area contributed by atoms with Gasteiger partial charge in [-0.3, -0.25) is 14.8 Å². The summed E-state index contributed by atoms with van der Waals surface area (Å²) in [7, 11) is 8.67. The quantitative estimate of drug-likeness (QED) is 0.471. The first-order valence-electron chi connectivity index (χ1n) is 7.40. The fourth-order valence-corrected chi connectivity index (χ4v) is 3.09. The first kappa shape index (κ1) is 15.5. The van der Waals surface area contributed by atoms with E-state index in [1.165, 1.54) is 37.9 Å². The normalized spacial score (nSPS) is 19.1. The van der Waals surface area contributed by atoms with Gasteiger partial charge in [-0.25, -0.2) is 0 Å². The molecule has 0 amide bonds. The lowest BCUT2D eigenvalue weighted by Gasteiger charge is -2.30. The summed E-state index contributed by atoms with van der Waals surface area (Å²) in [6.07, 6.45) is 6.83. The Hall–Kier alpha value is -0.570. The summed E-state index contributed by atoms with van der Waals surface area (Å²) in [5.41, 5.74) is 0. The second kappa shape index (κ2) is 7.13. The molecule has 0 aromatic heterocycles. The zero-order chi connectivity index (χ0) is 13.7. The lowest BCUT2D eigenvalue weighted by Crippen LogP contribution is -2.53. The molecule has 0 saturated heterocycles. The topological polar surface area (TPSA) is 18.3 Å². The van der Waals surface area contributed by atoms with E-state index in [1.807, 2.05) is 0 Å². The van der Waals surface area contributed by atoms with Crippen molar-refractivity contribution in [2.45, 2.75) is 58.0 Å². The van der Waals surface area contributed by atoms with E-state index in [0.717, 1.165) is 0 Å². The van der Waals surface area contributed by atoms with Gasteiger partial charge >= 0.3 is 0 Å². The third-order valence-electron chi connectivity index (χ3n) is 3.91. The van der Waals surface area contributed by atoms with Crippen molar-refractivity contribution in [2.24, 2.45) is 5.92 Å². The Kier molecular flexibility index (Phi) is 6.13. The van der Waals surface area contributed by atoms with Crippen LogP contribution in [-0.2, 0) is 0 Å². The number of amidine groups is 1. The summed E-state index contributed by atoms with van der Waals surface area (Å²) in [4.78, 5) is 2.33. The molecule has 3 heteroatoms. The van der Waals surface area contributed by atoms with Crippen LogP contribution in [0.1, 0.15) is 46.0 Å². The minimum Gasteiger partial charge on any atom is -0.296 e. The van der Waals surface area contributed by atoms with E-state index in [1.54, 1.807) is 0 Å². The van der Waals surface area contributed by atoms with Gasteiger partial charge in [0.15, 0.2) is 0 Å². The molecule has 1 rings (SSSR count). The predicted molar refractivity (Wildman–Crippen MR) is 79.4 cm³/mol. The van der Waals surface area contributed by atoms with Crippen molar-refractivity contribution in [3.05, 3.63) is 0 Å². The monoisotopic (exact) mass is 254 g/mol. The number of hydrogen-bond acceptors (Lipinski definition) is 1. The van der Waals surface area contributed by atoms with Crippen LogP contribution in [0, 0.1) is 5.92 Å². The number of nitrogens with one attached hydrogen (secondary N) is 1. The number of rotatable bonds is 4. The maximum absolute atomic E-state index is 3.82. The summed E-state index contributed by atoms with van der Waals surface area (Å²) in [6.45, 7) is 4.60. The van der Waals surface area contributed by atoms with Crippen LogP contribution < -0.4 is 5.32 Å². The van der Waals surface area contributed by atoms with Crippen LogP contribution in [0.5, 0.6) is 0 Å². The highest BCUT2D eigenvalue weighted by atomic mass is 15.2. The Bertz CT molecular complexity index is 263. The van der Waals surface area contributed by atoms with E-state index < -0.39 is 0 Å². The Morgan fingerprint density at radius 1 is 1.11 bits per heavy atom. The van der Waals surface area contributed by atoms with Gasteiger partial charge in [0, 0.05) is 0 Å². The van der Waals surface area contributed by atoms with Crippen molar-refractivity contribution in [2.75, 3.05) is 28.2 Å². The summed E-state index contributed by atoms with van der Waals surface area (Å²) in [5.74, 6) is 2.00. The Balaban J connectivity index is 2.78. The van der Waals surface area contributed by atoms with Gasteiger partial charge in [0.25, 0.3) is 5.84 Å². The molecule has 1 N–H and O–H groups in total. The highest BCUT2D eigenvalue weighted by Gasteiger charge is 2.31. The third-order valence-corrected chi connectivity index (χ3v) is 3.91. The molecule has 0 radical (unpaired) electrons. The van der Waals surface area contributed by atoms with E-state index in [4.69, 9.17) is 0 Å². The van der Waals surface area contributed by atoms with E-state index in [0.29, 0.717) is 18.0 Å². The molecule has 1 unspecified atom stereocenters. The van der Waals surface area contributed by atoms with E-state index >= 15 is 0 Å². The minimum atomic E-state index is 0.474. The van der Waals surface area contributed by atoms with Gasteiger partial charge in [-0.05, 0) is 45.7 Å². The van der Waals surface area contributed by atoms with Gasteiger partial charge < -0.3 is 0 Å². The third kappa shape index (κ3) is 4.27. The second-order valence-corrected chi connectivity index (χ2v) is 6.41.